The number of ether oxygens (including phenoxy) is 4. The topological polar surface area (TPSA) is 58.2 Å². The molecule has 1 aliphatic carbocycles. The molecule has 1 atom stereocenters. The fraction of sp³-hybridized carbons (Fsp3) is 0.355. The van der Waals surface area contributed by atoms with Crippen molar-refractivity contribution in [2.45, 2.75) is 38.0 Å². The third-order valence-corrected chi connectivity index (χ3v) is 9.19. The number of anilines is 1. The molecule has 0 amide bonds. The molecule has 1 heterocycles. The van der Waals surface area contributed by atoms with Crippen molar-refractivity contribution in [3.8, 4) is 28.7 Å². The van der Waals surface area contributed by atoms with Gasteiger partial charge in [0.25, 0.3) is 0 Å². The fourth-order valence-corrected chi connectivity index (χ4v) is 6.36. The van der Waals surface area contributed by atoms with Gasteiger partial charge in [-0.15, -0.1) is 0 Å². The quantitative estimate of drug-likeness (QED) is 0.307. The molecular weight excluding hydrogens is 498 g/mol. The first-order valence-corrected chi connectivity index (χ1v) is 14.8. The first-order valence-electron chi connectivity index (χ1n) is 12.8. The zero-order valence-corrected chi connectivity index (χ0v) is 24.2. The van der Waals surface area contributed by atoms with Crippen LogP contribution in [0.25, 0.3) is 12.2 Å². The van der Waals surface area contributed by atoms with Gasteiger partial charge in [-0.1, -0.05) is 56.0 Å². The lowest BCUT2D eigenvalue weighted by atomic mass is 9.88. The first-order chi connectivity index (χ1) is 18.3. The van der Waals surface area contributed by atoms with Crippen LogP contribution in [0.5, 0.6) is 28.7 Å². The van der Waals surface area contributed by atoms with E-state index < -0.39 is 10.5 Å². The van der Waals surface area contributed by atoms with Gasteiger partial charge in [-0.25, -0.2) is 0 Å². The minimum absolute atomic E-state index is 0.565. The van der Waals surface area contributed by atoms with Crippen molar-refractivity contribution in [2.75, 3.05) is 39.4 Å². The van der Waals surface area contributed by atoms with Gasteiger partial charge in [0.2, 0.25) is 11.5 Å². The molecule has 0 saturated heterocycles. The summed E-state index contributed by atoms with van der Waals surface area (Å²) in [7, 11) is 4.72. The average Bonchev–Trinajstić information content (AvgIpc) is 3.29. The van der Waals surface area contributed by atoms with E-state index in [4.69, 9.17) is 23.1 Å². The molecule has 0 aromatic heterocycles. The Balaban J connectivity index is 0.000000603. The van der Waals surface area contributed by atoms with Crippen molar-refractivity contribution in [3.63, 3.8) is 0 Å². The van der Waals surface area contributed by atoms with E-state index in [9.17, 15) is 0 Å². The molecule has 1 aliphatic heterocycles. The predicted octanol–water partition coefficient (Wildman–Crippen LogP) is 8.13. The molecule has 0 spiro atoms. The maximum absolute atomic E-state index is 6.50. The molecule has 1 fully saturated rings. The number of hydrogen-bond donors (Lipinski definition) is 1. The second-order valence-electron chi connectivity index (χ2n) is 9.73. The van der Waals surface area contributed by atoms with Crippen LogP contribution in [0.4, 0.5) is 5.69 Å². The summed E-state index contributed by atoms with van der Waals surface area (Å²) in [4.78, 5) is 1.12. The highest BCUT2D eigenvalue weighted by atomic mass is 32.3. The Kier molecular flexibility index (Phi) is 8.67. The van der Waals surface area contributed by atoms with E-state index in [-0.39, 0.29) is 0 Å². The van der Waals surface area contributed by atoms with Gasteiger partial charge in [-0.2, -0.15) is 0 Å². The summed E-state index contributed by atoms with van der Waals surface area (Å²) < 4.78 is 32.1. The standard InChI is InChI=1S/C26H29NO5S.C5H10/c1-17-7-12-20(13-8-17)33(6)27-24-19(11-14-21(28-2)26(24)32-33)10-9-18-15-22(29-3)25(31-5)23(16-18)30-4;1-5-3-2-4-5/h7-16,27H,1-6H3;5H,2-4H2,1H3/b10-9-;. The van der Waals surface area contributed by atoms with Crippen molar-refractivity contribution in [1.29, 1.82) is 0 Å². The SMILES string of the molecule is CC1CCC1.COc1cc(/C=C\c2ccc(OC)c3c2NS(C)(c2ccc(C)cc2)O3)cc(OC)c1OC. The molecular formula is C31H39NO5S. The smallest absolute Gasteiger partial charge is 0.203 e. The summed E-state index contributed by atoms with van der Waals surface area (Å²) >= 11 is 0. The van der Waals surface area contributed by atoms with Gasteiger partial charge in [0.15, 0.2) is 17.2 Å². The van der Waals surface area contributed by atoms with Gasteiger partial charge < -0.3 is 27.9 Å². The zero-order chi connectivity index (χ0) is 27.3. The van der Waals surface area contributed by atoms with Crippen LogP contribution < -0.4 is 27.9 Å². The van der Waals surface area contributed by atoms with Gasteiger partial charge >= 0.3 is 0 Å². The summed E-state index contributed by atoms with van der Waals surface area (Å²) in [6.45, 7) is 4.39. The van der Waals surface area contributed by atoms with Crippen molar-refractivity contribution in [3.05, 3.63) is 65.2 Å². The second-order valence-corrected chi connectivity index (χ2v) is 12.3. The van der Waals surface area contributed by atoms with Crippen LogP contribution in [-0.2, 0) is 0 Å². The van der Waals surface area contributed by atoms with Crippen molar-refractivity contribution >= 4 is 28.3 Å². The van der Waals surface area contributed by atoms with E-state index in [1.165, 1.54) is 24.8 Å². The van der Waals surface area contributed by atoms with Crippen LogP contribution in [0.1, 0.15) is 42.9 Å². The molecule has 3 aromatic rings. The fourth-order valence-electron chi connectivity index (χ4n) is 4.35. The summed E-state index contributed by atoms with van der Waals surface area (Å²) in [6, 6.07) is 16.2. The molecule has 38 heavy (non-hydrogen) atoms. The number of methoxy groups -OCH3 is 4. The molecule has 1 N–H and O–H groups in total. The number of aryl methyl sites for hydroxylation is 1. The number of hydrogen-bond acceptors (Lipinski definition) is 6. The van der Waals surface area contributed by atoms with E-state index in [1.54, 1.807) is 28.4 Å². The van der Waals surface area contributed by atoms with Gasteiger partial charge in [-0.05, 0) is 54.8 Å². The minimum atomic E-state index is -1.75. The van der Waals surface area contributed by atoms with Crippen molar-refractivity contribution in [2.24, 2.45) is 5.92 Å². The average molecular weight is 538 g/mol. The van der Waals surface area contributed by atoms with Crippen LogP contribution >= 0.6 is 10.5 Å². The molecule has 5 rings (SSSR count). The van der Waals surface area contributed by atoms with Crippen LogP contribution in [0.2, 0.25) is 0 Å². The molecule has 204 valence electrons. The second kappa shape index (κ2) is 11.9. The Morgan fingerprint density at radius 3 is 1.95 bits per heavy atom. The molecule has 1 unspecified atom stereocenters. The Hall–Kier alpha value is -3.45. The van der Waals surface area contributed by atoms with E-state index in [0.29, 0.717) is 23.0 Å². The lowest BCUT2D eigenvalue weighted by molar-refractivity contribution is 0.324. The maximum Gasteiger partial charge on any atom is 0.203 e. The highest BCUT2D eigenvalue weighted by Gasteiger charge is 2.35. The number of rotatable bonds is 7. The third kappa shape index (κ3) is 5.83. The maximum atomic E-state index is 6.50. The van der Waals surface area contributed by atoms with E-state index in [1.807, 2.05) is 36.4 Å². The molecule has 7 heteroatoms. The summed E-state index contributed by atoms with van der Waals surface area (Å²) in [5.74, 6) is 4.27. The Morgan fingerprint density at radius 1 is 0.842 bits per heavy atom. The predicted molar refractivity (Wildman–Crippen MR) is 158 cm³/mol. The summed E-state index contributed by atoms with van der Waals surface area (Å²) in [5.41, 5.74) is 4.03. The zero-order valence-electron chi connectivity index (χ0n) is 23.4. The number of fused-ring (bicyclic) bond motifs is 1. The Bertz CT molecular complexity index is 1260. The highest BCUT2D eigenvalue weighted by molar-refractivity contribution is 8.31. The van der Waals surface area contributed by atoms with Gasteiger partial charge in [0, 0.05) is 27.2 Å². The minimum Gasteiger partial charge on any atom is -0.493 e. The number of nitrogens with one attached hydrogen (secondary N) is 1. The van der Waals surface area contributed by atoms with E-state index >= 15 is 0 Å². The van der Waals surface area contributed by atoms with Gasteiger partial charge in [-0.3, -0.25) is 0 Å². The molecule has 0 radical (unpaired) electrons. The molecule has 3 aromatic carbocycles. The molecule has 6 nitrogen and oxygen atoms in total. The Labute approximate surface area is 228 Å². The van der Waals surface area contributed by atoms with Crippen molar-refractivity contribution in [1.82, 2.24) is 0 Å². The third-order valence-electron chi connectivity index (χ3n) is 6.93. The first kappa shape index (κ1) is 27.6. The molecule has 1 saturated carbocycles. The molecule has 2 aliphatic rings. The van der Waals surface area contributed by atoms with Crippen molar-refractivity contribution < 1.29 is 23.1 Å². The van der Waals surface area contributed by atoms with Gasteiger partial charge in [0.05, 0.1) is 28.4 Å². The summed E-state index contributed by atoms with van der Waals surface area (Å²) in [5, 5.41) is 0. The van der Waals surface area contributed by atoms with Crippen LogP contribution in [-0.4, -0.2) is 34.7 Å². The lowest BCUT2D eigenvalue weighted by Crippen LogP contribution is -2.09. The lowest BCUT2D eigenvalue weighted by Gasteiger charge is -2.30. The largest absolute Gasteiger partial charge is 0.493 e. The van der Waals surface area contributed by atoms with Crippen LogP contribution in [0.3, 0.4) is 0 Å². The van der Waals surface area contributed by atoms with E-state index in [2.05, 4.69) is 49.1 Å². The highest BCUT2D eigenvalue weighted by Crippen LogP contribution is 2.63. The van der Waals surface area contributed by atoms with E-state index in [0.717, 1.165) is 33.4 Å². The van der Waals surface area contributed by atoms with Gasteiger partial charge in [0.1, 0.15) is 5.69 Å². The summed E-state index contributed by atoms with van der Waals surface area (Å²) in [6.07, 6.45) is 10.6. The number of benzene rings is 3. The monoisotopic (exact) mass is 537 g/mol. The molecule has 0 bridgehead atoms. The Morgan fingerprint density at radius 2 is 1.45 bits per heavy atom. The normalized spacial score (nSPS) is 19.6. The van der Waals surface area contributed by atoms with Crippen LogP contribution in [0, 0.1) is 12.8 Å². The van der Waals surface area contributed by atoms with Crippen LogP contribution in [0.15, 0.2) is 53.4 Å².